The number of nitrogens with one attached hydrogen (secondary N) is 1. The molecule has 4 unspecified atom stereocenters. The van der Waals surface area contributed by atoms with E-state index >= 15 is 0 Å². The molecule has 21 heavy (non-hydrogen) atoms. The molecule has 0 amide bonds. The van der Waals surface area contributed by atoms with E-state index in [-0.39, 0.29) is 0 Å². The molecule has 110 valence electrons. The van der Waals surface area contributed by atoms with Gasteiger partial charge in [0, 0.05) is 20.3 Å². The smallest absolute Gasteiger partial charge is 0.0450 e. The minimum atomic E-state index is 0.501. The molecule has 1 aromatic carbocycles. The van der Waals surface area contributed by atoms with E-state index in [4.69, 9.17) is 0 Å². The molecule has 0 bridgehead atoms. The highest BCUT2D eigenvalue weighted by atomic mass is 79.9. The molecule has 1 aromatic heterocycles. The summed E-state index contributed by atoms with van der Waals surface area (Å²) >= 11 is 5.60. The standard InChI is InChI=1S/C18H20BrNS/c1-10-14(19)9-15(21-10)18(20-2)17-13-8-7-11-5-3-4-6-12(11)16(13)17/h3-6,9,13,16-18,20H,7-8H2,1-2H3. The predicted molar refractivity (Wildman–Crippen MR) is 93.0 cm³/mol. The largest absolute Gasteiger partial charge is 0.312 e. The first-order valence-electron chi connectivity index (χ1n) is 7.71. The molecule has 0 spiro atoms. The molecule has 1 saturated carbocycles. The lowest BCUT2D eigenvalue weighted by molar-refractivity contribution is 0.491. The van der Waals surface area contributed by atoms with Gasteiger partial charge in [0.05, 0.1) is 0 Å². The van der Waals surface area contributed by atoms with Gasteiger partial charge in [-0.25, -0.2) is 0 Å². The first-order chi connectivity index (χ1) is 10.2. The Kier molecular flexibility index (Phi) is 3.48. The summed E-state index contributed by atoms with van der Waals surface area (Å²) in [5.74, 6) is 2.41. The number of rotatable bonds is 3. The molecule has 2 aliphatic rings. The lowest BCUT2D eigenvalue weighted by Gasteiger charge is -2.15. The van der Waals surface area contributed by atoms with Crippen LogP contribution < -0.4 is 5.32 Å². The average molecular weight is 362 g/mol. The minimum absolute atomic E-state index is 0.501. The maximum atomic E-state index is 3.67. The summed E-state index contributed by atoms with van der Waals surface area (Å²) in [6.45, 7) is 2.19. The van der Waals surface area contributed by atoms with Crippen molar-refractivity contribution in [3.63, 3.8) is 0 Å². The lowest BCUT2D eigenvalue weighted by Crippen LogP contribution is -2.18. The first kappa shape index (κ1) is 14.0. The van der Waals surface area contributed by atoms with Gasteiger partial charge in [0.15, 0.2) is 0 Å². The van der Waals surface area contributed by atoms with Gasteiger partial charge in [0.25, 0.3) is 0 Å². The second kappa shape index (κ2) is 5.22. The van der Waals surface area contributed by atoms with Crippen LogP contribution in [0.3, 0.4) is 0 Å². The number of hydrogen-bond donors (Lipinski definition) is 1. The van der Waals surface area contributed by atoms with Crippen molar-refractivity contribution in [1.29, 1.82) is 0 Å². The summed E-state index contributed by atoms with van der Waals surface area (Å²) in [6.07, 6.45) is 2.62. The molecule has 1 fully saturated rings. The molecule has 2 aliphatic carbocycles. The van der Waals surface area contributed by atoms with Crippen LogP contribution in [-0.4, -0.2) is 7.05 Å². The quantitative estimate of drug-likeness (QED) is 0.805. The van der Waals surface area contributed by atoms with E-state index in [0.29, 0.717) is 6.04 Å². The van der Waals surface area contributed by atoms with Gasteiger partial charge in [0.1, 0.15) is 0 Å². The molecule has 0 aliphatic heterocycles. The Morgan fingerprint density at radius 2 is 2.14 bits per heavy atom. The summed E-state index contributed by atoms with van der Waals surface area (Å²) in [5.41, 5.74) is 3.20. The molecule has 4 rings (SSSR count). The van der Waals surface area contributed by atoms with Crippen LogP contribution in [0.1, 0.15) is 39.3 Å². The van der Waals surface area contributed by atoms with Crippen molar-refractivity contribution in [2.45, 2.75) is 31.7 Å². The molecule has 1 N–H and O–H groups in total. The summed E-state index contributed by atoms with van der Waals surface area (Å²) in [6, 6.07) is 11.9. The van der Waals surface area contributed by atoms with E-state index in [1.165, 1.54) is 27.1 Å². The van der Waals surface area contributed by atoms with Crippen molar-refractivity contribution >= 4 is 27.3 Å². The Morgan fingerprint density at radius 3 is 2.86 bits per heavy atom. The number of hydrogen-bond acceptors (Lipinski definition) is 2. The van der Waals surface area contributed by atoms with E-state index in [1.807, 2.05) is 11.3 Å². The number of fused-ring (bicyclic) bond motifs is 3. The molecule has 0 saturated heterocycles. The third kappa shape index (κ3) is 2.21. The van der Waals surface area contributed by atoms with Crippen molar-refractivity contribution in [1.82, 2.24) is 5.32 Å². The number of thiophene rings is 1. The highest BCUT2D eigenvalue weighted by molar-refractivity contribution is 9.10. The van der Waals surface area contributed by atoms with Gasteiger partial charge in [0.2, 0.25) is 0 Å². The minimum Gasteiger partial charge on any atom is -0.312 e. The molecule has 2 aromatic rings. The molecule has 0 radical (unpaired) electrons. The second-order valence-corrected chi connectivity index (χ2v) is 8.47. The summed E-state index contributed by atoms with van der Waals surface area (Å²) in [7, 11) is 2.11. The van der Waals surface area contributed by atoms with E-state index in [2.05, 4.69) is 65.5 Å². The van der Waals surface area contributed by atoms with Crippen LogP contribution in [0.2, 0.25) is 0 Å². The molecule has 4 atom stereocenters. The van der Waals surface area contributed by atoms with Crippen molar-refractivity contribution in [3.05, 3.63) is 55.7 Å². The third-order valence-electron chi connectivity index (χ3n) is 5.27. The van der Waals surface area contributed by atoms with Crippen molar-refractivity contribution in [2.75, 3.05) is 7.05 Å². The fourth-order valence-electron chi connectivity index (χ4n) is 4.23. The van der Waals surface area contributed by atoms with Crippen LogP contribution in [-0.2, 0) is 6.42 Å². The zero-order chi connectivity index (χ0) is 14.6. The Morgan fingerprint density at radius 1 is 1.33 bits per heavy atom. The van der Waals surface area contributed by atoms with Gasteiger partial charge in [-0.05, 0) is 77.7 Å². The summed E-state index contributed by atoms with van der Waals surface area (Å²) < 4.78 is 1.26. The summed E-state index contributed by atoms with van der Waals surface area (Å²) in [5, 5.41) is 3.60. The molecule has 1 heterocycles. The number of halogens is 1. The second-order valence-electron chi connectivity index (χ2n) is 6.32. The first-order valence-corrected chi connectivity index (χ1v) is 9.32. The normalized spacial score (nSPS) is 27.9. The molecular weight excluding hydrogens is 342 g/mol. The van der Waals surface area contributed by atoms with Crippen LogP contribution in [0.25, 0.3) is 0 Å². The van der Waals surface area contributed by atoms with E-state index in [0.717, 1.165) is 17.8 Å². The SMILES string of the molecule is CNC(c1cc(Br)c(C)s1)C1C2CCc3ccccc3C21. The van der Waals surface area contributed by atoms with Crippen molar-refractivity contribution in [3.8, 4) is 0 Å². The van der Waals surface area contributed by atoms with Crippen LogP contribution >= 0.6 is 27.3 Å². The molecule has 1 nitrogen and oxygen atoms in total. The average Bonchev–Trinajstić information content (AvgIpc) is 3.13. The Balaban J connectivity index is 1.66. The molecule has 3 heteroatoms. The summed E-state index contributed by atoms with van der Waals surface area (Å²) in [4.78, 5) is 2.87. The van der Waals surface area contributed by atoms with Gasteiger partial charge in [-0.2, -0.15) is 0 Å². The van der Waals surface area contributed by atoms with Gasteiger partial charge < -0.3 is 5.32 Å². The zero-order valence-corrected chi connectivity index (χ0v) is 14.8. The van der Waals surface area contributed by atoms with Crippen LogP contribution in [0.15, 0.2) is 34.8 Å². The van der Waals surface area contributed by atoms with E-state index in [1.54, 1.807) is 11.1 Å². The zero-order valence-electron chi connectivity index (χ0n) is 12.4. The fourth-order valence-corrected chi connectivity index (χ4v) is 5.96. The third-order valence-corrected chi connectivity index (χ3v) is 7.49. The number of aryl methyl sites for hydroxylation is 2. The molecular formula is C18H20BrNS. The topological polar surface area (TPSA) is 12.0 Å². The Hall–Kier alpha value is -0.640. The Bertz CT molecular complexity index is 658. The van der Waals surface area contributed by atoms with Gasteiger partial charge >= 0.3 is 0 Å². The van der Waals surface area contributed by atoms with Crippen LogP contribution in [0, 0.1) is 18.8 Å². The van der Waals surface area contributed by atoms with Crippen LogP contribution in [0.4, 0.5) is 0 Å². The van der Waals surface area contributed by atoms with Gasteiger partial charge in [-0.15, -0.1) is 11.3 Å². The fraction of sp³-hybridized carbons (Fsp3) is 0.444. The number of benzene rings is 1. The van der Waals surface area contributed by atoms with Gasteiger partial charge in [-0.1, -0.05) is 24.3 Å². The highest BCUT2D eigenvalue weighted by Crippen LogP contribution is 2.64. The lowest BCUT2D eigenvalue weighted by atomic mass is 9.92. The maximum Gasteiger partial charge on any atom is 0.0450 e. The highest BCUT2D eigenvalue weighted by Gasteiger charge is 2.56. The van der Waals surface area contributed by atoms with Crippen molar-refractivity contribution < 1.29 is 0 Å². The van der Waals surface area contributed by atoms with Crippen LogP contribution in [0.5, 0.6) is 0 Å². The monoisotopic (exact) mass is 361 g/mol. The van der Waals surface area contributed by atoms with Crippen molar-refractivity contribution in [2.24, 2.45) is 11.8 Å². The predicted octanol–water partition coefficient (Wildman–Crippen LogP) is 5.06. The van der Waals surface area contributed by atoms with E-state index in [9.17, 15) is 0 Å². The maximum absolute atomic E-state index is 3.67. The Labute approximate surface area is 138 Å². The van der Waals surface area contributed by atoms with Gasteiger partial charge in [-0.3, -0.25) is 0 Å². The van der Waals surface area contributed by atoms with E-state index < -0.39 is 0 Å².